The lowest BCUT2D eigenvalue weighted by Gasteiger charge is -2.08. The number of hydrogen-bond donors (Lipinski definition) is 2. The van der Waals surface area contributed by atoms with E-state index >= 15 is 0 Å². The van der Waals surface area contributed by atoms with E-state index in [2.05, 4.69) is 21.5 Å². The van der Waals surface area contributed by atoms with Crippen LogP contribution in [0.25, 0.3) is 10.9 Å². The molecule has 0 aliphatic carbocycles. The van der Waals surface area contributed by atoms with Crippen LogP contribution < -0.4 is 10.0 Å². The van der Waals surface area contributed by atoms with Crippen molar-refractivity contribution in [3.63, 3.8) is 0 Å². The molecule has 1 amide bonds. The Morgan fingerprint density at radius 1 is 1.07 bits per heavy atom. The molecular formula is C22H21N3O3S2. The van der Waals surface area contributed by atoms with Crippen molar-refractivity contribution in [3.05, 3.63) is 82.7 Å². The molecule has 154 valence electrons. The van der Waals surface area contributed by atoms with Crippen LogP contribution in [-0.4, -0.2) is 18.9 Å². The van der Waals surface area contributed by atoms with E-state index in [-0.39, 0.29) is 17.3 Å². The topological polar surface area (TPSA) is 80.2 Å². The van der Waals surface area contributed by atoms with Gasteiger partial charge in [-0.2, -0.15) is 0 Å². The van der Waals surface area contributed by atoms with Crippen molar-refractivity contribution in [1.29, 1.82) is 0 Å². The van der Waals surface area contributed by atoms with Gasteiger partial charge in [0.1, 0.15) is 0 Å². The highest BCUT2D eigenvalue weighted by atomic mass is 32.2. The van der Waals surface area contributed by atoms with E-state index in [1.165, 1.54) is 35.6 Å². The van der Waals surface area contributed by atoms with Gasteiger partial charge in [-0.15, -0.1) is 11.3 Å². The number of carbonyl (C=O) groups excluding carboxylic acids is 1. The van der Waals surface area contributed by atoms with E-state index in [0.717, 1.165) is 22.3 Å². The molecular weight excluding hydrogens is 418 g/mol. The summed E-state index contributed by atoms with van der Waals surface area (Å²) < 4.78 is 29.6. The third kappa shape index (κ3) is 4.30. The molecule has 0 saturated carbocycles. The molecule has 0 aliphatic rings. The van der Waals surface area contributed by atoms with Gasteiger partial charge in [-0.3, -0.25) is 4.79 Å². The minimum absolute atomic E-state index is 0.123. The van der Waals surface area contributed by atoms with E-state index in [9.17, 15) is 13.2 Å². The zero-order valence-corrected chi connectivity index (χ0v) is 18.0. The van der Waals surface area contributed by atoms with E-state index in [1.54, 1.807) is 0 Å². The molecule has 4 rings (SSSR count). The first kappa shape index (κ1) is 20.3. The number of amides is 1. The Balaban J connectivity index is 1.45. The van der Waals surface area contributed by atoms with E-state index < -0.39 is 10.0 Å². The number of hydrogen-bond acceptors (Lipinski definition) is 4. The molecule has 4 aromatic rings. The van der Waals surface area contributed by atoms with Crippen LogP contribution in [0.1, 0.15) is 22.2 Å². The number of aromatic nitrogens is 1. The fourth-order valence-electron chi connectivity index (χ4n) is 3.21. The van der Waals surface area contributed by atoms with Crippen molar-refractivity contribution in [2.45, 2.75) is 24.9 Å². The number of nitrogens with one attached hydrogen (secondary N) is 2. The number of nitrogens with zero attached hydrogens (tertiary/aromatic N) is 1. The molecule has 30 heavy (non-hydrogen) atoms. The van der Waals surface area contributed by atoms with E-state index in [1.807, 2.05) is 48.0 Å². The number of thiophene rings is 1. The van der Waals surface area contributed by atoms with E-state index in [0.29, 0.717) is 11.3 Å². The summed E-state index contributed by atoms with van der Waals surface area (Å²) in [5.74, 6) is -0.292. The number of carbonyl (C=O) groups is 1. The van der Waals surface area contributed by atoms with Crippen molar-refractivity contribution in [3.8, 4) is 0 Å². The van der Waals surface area contributed by atoms with Crippen molar-refractivity contribution in [2.75, 3.05) is 5.32 Å². The summed E-state index contributed by atoms with van der Waals surface area (Å²) in [5, 5.41) is 5.81. The van der Waals surface area contributed by atoms with Crippen LogP contribution in [0.5, 0.6) is 0 Å². The van der Waals surface area contributed by atoms with Crippen LogP contribution in [0, 0.1) is 0 Å². The normalized spacial score (nSPS) is 11.6. The number of rotatable bonds is 7. The number of sulfonamides is 1. The molecule has 8 heteroatoms. The Hall–Kier alpha value is -2.94. The SMILES string of the molecule is CCn1ccc2cc(NC(=O)c3ccc(S(=O)(=O)NCc4cccs4)cc3)ccc21. The number of aryl methyl sites for hydroxylation is 1. The van der Waals surface area contributed by atoms with Crippen LogP contribution in [0.4, 0.5) is 5.69 Å². The van der Waals surface area contributed by atoms with Crippen molar-refractivity contribution in [2.24, 2.45) is 0 Å². The Kier molecular flexibility index (Phi) is 5.72. The minimum atomic E-state index is -3.64. The quantitative estimate of drug-likeness (QED) is 0.446. The molecule has 0 radical (unpaired) electrons. The first-order valence-corrected chi connectivity index (χ1v) is 11.8. The van der Waals surface area contributed by atoms with Crippen molar-refractivity contribution >= 4 is 43.9 Å². The maximum absolute atomic E-state index is 12.6. The first-order chi connectivity index (χ1) is 14.5. The standard InChI is InChI=1S/C22H21N3O3S2/c1-2-25-12-11-17-14-18(7-10-21(17)25)24-22(26)16-5-8-20(9-6-16)30(27,28)23-15-19-4-3-13-29-19/h3-14,23H,2,15H2,1H3,(H,24,26). The monoisotopic (exact) mass is 439 g/mol. The minimum Gasteiger partial charge on any atom is -0.348 e. The molecule has 0 unspecified atom stereocenters. The van der Waals surface area contributed by atoms with Gasteiger partial charge >= 0.3 is 0 Å². The van der Waals surface area contributed by atoms with Crippen LogP contribution >= 0.6 is 11.3 Å². The highest BCUT2D eigenvalue weighted by molar-refractivity contribution is 7.89. The summed E-state index contributed by atoms with van der Waals surface area (Å²) in [5.41, 5.74) is 2.19. The van der Waals surface area contributed by atoms with Gasteiger partial charge in [0.05, 0.1) is 4.90 Å². The highest BCUT2D eigenvalue weighted by Crippen LogP contribution is 2.21. The maximum Gasteiger partial charge on any atom is 0.255 e. The molecule has 2 N–H and O–H groups in total. The molecule has 0 spiro atoms. The first-order valence-electron chi connectivity index (χ1n) is 9.48. The van der Waals surface area contributed by atoms with Gasteiger partial charge in [0.15, 0.2) is 0 Å². The molecule has 2 aromatic carbocycles. The summed E-state index contributed by atoms with van der Waals surface area (Å²) >= 11 is 1.49. The van der Waals surface area contributed by atoms with Gasteiger partial charge in [0.2, 0.25) is 10.0 Å². The van der Waals surface area contributed by atoms with Crippen molar-refractivity contribution < 1.29 is 13.2 Å². The van der Waals surface area contributed by atoms with Crippen molar-refractivity contribution in [1.82, 2.24) is 9.29 Å². The van der Waals surface area contributed by atoms with Gasteiger partial charge in [0, 0.05) is 46.3 Å². The fraction of sp³-hybridized carbons (Fsp3) is 0.136. The number of anilines is 1. The van der Waals surface area contributed by atoms with Crippen LogP contribution in [0.3, 0.4) is 0 Å². The Morgan fingerprint density at radius 2 is 1.87 bits per heavy atom. The Bertz CT molecular complexity index is 1280. The van der Waals surface area contributed by atoms with Crippen LogP contribution in [-0.2, 0) is 23.1 Å². The second-order valence-electron chi connectivity index (χ2n) is 6.76. The lowest BCUT2D eigenvalue weighted by atomic mass is 10.2. The molecule has 0 saturated heterocycles. The molecule has 0 aliphatic heterocycles. The molecule has 0 bridgehead atoms. The molecule has 2 heterocycles. The zero-order valence-electron chi connectivity index (χ0n) is 16.3. The third-order valence-corrected chi connectivity index (χ3v) is 7.11. The van der Waals surface area contributed by atoms with Gasteiger partial charge in [-0.05, 0) is 66.9 Å². The highest BCUT2D eigenvalue weighted by Gasteiger charge is 2.15. The Morgan fingerprint density at radius 3 is 2.57 bits per heavy atom. The zero-order chi connectivity index (χ0) is 21.1. The average molecular weight is 440 g/mol. The predicted molar refractivity (Wildman–Crippen MR) is 120 cm³/mol. The Labute approximate surface area is 179 Å². The average Bonchev–Trinajstić information content (AvgIpc) is 3.41. The summed E-state index contributed by atoms with van der Waals surface area (Å²) in [6.45, 7) is 3.20. The number of benzene rings is 2. The summed E-state index contributed by atoms with van der Waals surface area (Å²) in [6.07, 6.45) is 2.02. The van der Waals surface area contributed by atoms with E-state index in [4.69, 9.17) is 0 Å². The second-order valence-corrected chi connectivity index (χ2v) is 9.56. The smallest absolute Gasteiger partial charge is 0.255 e. The molecule has 2 aromatic heterocycles. The largest absolute Gasteiger partial charge is 0.348 e. The second kappa shape index (κ2) is 8.43. The number of fused-ring (bicyclic) bond motifs is 1. The fourth-order valence-corrected chi connectivity index (χ4v) is 4.95. The summed E-state index contributed by atoms with van der Waals surface area (Å²) in [6, 6.07) is 17.4. The molecule has 0 fully saturated rings. The van der Waals surface area contributed by atoms with Crippen LogP contribution in [0.2, 0.25) is 0 Å². The van der Waals surface area contributed by atoms with Gasteiger partial charge < -0.3 is 9.88 Å². The third-order valence-electron chi connectivity index (χ3n) is 4.81. The van der Waals surface area contributed by atoms with Gasteiger partial charge in [0.25, 0.3) is 5.91 Å². The summed E-state index contributed by atoms with van der Waals surface area (Å²) in [4.78, 5) is 13.6. The lowest BCUT2D eigenvalue weighted by Crippen LogP contribution is -2.23. The predicted octanol–water partition coefficient (Wildman–Crippen LogP) is 4.45. The van der Waals surface area contributed by atoms with Crippen LogP contribution in [0.15, 0.2) is 77.1 Å². The van der Waals surface area contributed by atoms with Gasteiger partial charge in [-0.25, -0.2) is 13.1 Å². The lowest BCUT2D eigenvalue weighted by molar-refractivity contribution is 0.102. The van der Waals surface area contributed by atoms with Gasteiger partial charge in [-0.1, -0.05) is 6.07 Å². The molecule has 0 atom stereocenters. The molecule has 6 nitrogen and oxygen atoms in total. The summed E-state index contributed by atoms with van der Waals surface area (Å²) in [7, 11) is -3.64. The maximum atomic E-state index is 12.6.